The van der Waals surface area contributed by atoms with E-state index < -0.39 is 11.2 Å². The molecule has 0 atom stereocenters. The van der Waals surface area contributed by atoms with Crippen LogP contribution in [0.5, 0.6) is 0 Å². The summed E-state index contributed by atoms with van der Waals surface area (Å²) in [4.78, 5) is 4.22. The third-order valence-corrected chi connectivity index (χ3v) is 4.80. The van der Waals surface area contributed by atoms with Crippen LogP contribution in [0.3, 0.4) is 0 Å². The first-order valence-electron chi connectivity index (χ1n) is 7.50. The van der Waals surface area contributed by atoms with Crippen molar-refractivity contribution in [1.82, 2.24) is 4.98 Å². The van der Waals surface area contributed by atoms with E-state index in [9.17, 15) is 5.11 Å². The minimum atomic E-state index is -0.962. The fourth-order valence-corrected chi connectivity index (χ4v) is 2.54. The number of fused-ring (bicyclic) bond motifs is 3. The second-order valence-electron chi connectivity index (χ2n) is 6.75. The van der Waals surface area contributed by atoms with Crippen molar-refractivity contribution in [1.29, 1.82) is 0 Å². The Bertz CT molecular complexity index is 867. The summed E-state index contributed by atoms with van der Waals surface area (Å²) in [5.74, 6) is 0. The van der Waals surface area contributed by atoms with Crippen molar-refractivity contribution >= 4 is 46.5 Å². The van der Waals surface area contributed by atoms with Gasteiger partial charge in [-0.2, -0.15) is 0 Å². The molecule has 4 nitrogen and oxygen atoms in total. The summed E-state index contributed by atoms with van der Waals surface area (Å²) in [6.45, 7) is 7.20. The highest BCUT2D eigenvalue weighted by atomic mass is 35.5. The standard InChI is InChI=1S/C17H19BClNO3/c1-16(2,21)17(3,4)23-18-11-8-20-9-13-14(11)10-6-5-7-12(19)15(10)22-13/h5-9,18,21H,1-4H3. The second-order valence-corrected chi connectivity index (χ2v) is 7.16. The van der Waals surface area contributed by atoms with Crippen LogP contribution >= 0.6 is 11.6 Å². The molecule has 0 bridgehead atoms. The van der Waals surface area contributed by atoms with Crippen molar-refractivity contribution in [3.05, 3.63) is 35.6 Å². The molecule has 1 aromatic carbocycles. The van der Waals surface area contributed by atoms with Gasteiger partial charge in [0, 0.05) is 17.0 Å². The van der Waals surface area contributed by atoms with Crippen LogP contribution in [-0.4, -0.2) is 28.8 Å². The van der Waals surface area contributed by atoms with Crippen LogP contribution < -0.4 is 5.46 Å². The van der Waals surface area contributed by atoms with E-state index in [1.807, 2.05) is 26.0 Å². The normalized spacial score (nSPS) is 13.0. The highest BCUT2D eigenvalue weighted by Crippen LogP contribution is 2.32. The summed E-state index contributed by atoms with van der Waals surface area (Å²) in [5.41, 5.74) is 0.568. The third kappa shape index (κ3) is 2.85. The molecular formula is C17H19BClNO3. The lowest BCUT2D eigenvalue weighted by Crippen LogP contribution is -2.49. The lowest BCUT2D eigenvalue weighted by Gasteiger charge is -2.37. The molecule has 3 aromatic rings. The summed E-state index contributed by atoms with van der Waals surface area (Å²) in [7, 11) is 0.322. The van der Waals surface area contributed by atoms with E-state index in [2.05, 4.69) is 4.98 Å². The number of aromatic nitrogens is 1. The number of aliphatic hydroxyl groups is 1. The van der Waals surface area contributed by atoms with Crippen molar-refractivity contribution in [2.75, 3.05) is 0 Å². The molecule has 0 aliphatic carbocycles. The molecule has 1 N–H and O–H groups in total. The maximum absolute atomic E-state index is 10.2. The van der Waals surface area contributed by atoms with E-state index in [1.165, 1.54) is 0 Å². The zero-order valence-electron chi connectivity index (χ0n) is 13.7. The molecular weight excluding hydrogens is 312 g/mol. The Labute approximate surface area is 140 Å². The van der Waals surface area contributed by atoms with Gasteiger partial charge in [-0.3, -0.25) is 4.98 Å². The number of rotatable bonds is 4. The van der Waals surface area contributed by atoms with E-state index in [4.69, 9.17) is 20.7 Å². The first-order chi connectivity index (χ1) is 10.7. The van der Waals surface area contributed by atoms with Crippen LogP contribution in [0.1, 0.15) is 27.7 Å². The fourth-order valence-electron chi connectivity index (χ4n) is 2.33. The number of para-hydroxylation sites is 1. The van der Waals surface area contributed by atoms with Crippen LogP contribution in [0.15, 0.2) is 35.0 Å². The topological polar surface area (TPSA) is 55.5 Å². The zero-order chi connectivity index (χ0) is 16.8. The molecule has 0 fully saturated rings. The van der Waals surface area contributed by atoms with Gasteiger partial charge in [-0.1, -0.05) is 23.7 Å². The Kier molecular flexibility index (Phi) is 3.91. The summed E-state index contributed by atoms with van der Waals surface area (Å²) < 4.78 is 11.8. The highest BCUT2D eigenvalue weighted by molar-refractivity contribution is 6.53. The molecule has 0 aliphatic rings. The first-order valence-corrected chi connectivity index (χ1v) is 7.88. The quantitative estimate of drug-likeness (QED) is 0.746. The minimum absolute atomic E-state index is 0.322. The van der Waals surface area contributed by atoms with Crippen molar-refractivity contribution in [2.24, 2.45) is 0 Å². The molecule has 2 aromatic heterocycles. The largest absolute Gasteiger partial charge is 0.453 e. The molecule has 0 radical (unpaired) electrons. The molecule has 0 amide bonds. The van der Waals surface area contributed by atoms with Crippen LogP contribution in [0.4, 0.5) is 0 Å². The average Bonchev–Trinajstić information content (AvgIpc) is 2.85. The van der Waals surface area contributed by atoms with Gasteiger partial charge in [0.2, 0.25) is 0 Å². The van der Waals surface area contributed by atoms with Crippen molar-refractivity contribution in [2.45, 2.75) is 38.9 Å². The number of hydrogen-bond donors (Lipinski definition) is 1. The number of benzene rings is 1. The van der Waals surface area contributed by atoms with Crippen molar-refractivity contribution in [3.63, 3.8) is 0 Å². The predicted molar refractivity (Wildman–Crippen MR) is 94.8 cm³/mol. The SMILES string of the molecule is CC(C)(O)C(C)(C)OBc1cncc2oc3c(Cl)cccc3c12. The summed E-state index contributed by atoms with van der Waals surface area (Å²) in [6, 6.07) is 5.66. The predicted octanol–water partition coefficient (Wildman–Crippen LogP) is 3.18. The molecule has 3 rings (SSSR count). The highest BCUT2D eigenvalue weighted by Gasteiger charge is 2.35. The van der Waals surface area contributed by atoms with Crippen molar-refractivity contribution < 1.29 is 14.2 Å². The molecule has 23 heavy (non-hydrogen) atoms. The third-order valence-electron chi connectivity index (χ3n) is 4.50. The number of furan rings is 1. The molecule has 0 unspecified atom stereocenters. The van der Waals surface area contributed by atoms with Crippen LogP contribution in [0.25, 0.3) is 21.9 Å². The molecule has 0 spiro atoms. The summed E-state index contributed by atoms with van der Waals surface area (Å²) >= 11 is 6.21. The van der Waals surface area contributed by atoms with Gasteiger partial charge >= 0.3 is 7.48 Å². The van der Waals surface area contributed by atoms with E-state index >= 15 is 0 Å². The Morgan fingerprint density at radius 3 is 2.65 bits per heavy atom. The average molecular weight is 332 g/mol. The van der Waals surface area contributed by atoms with E-state index in [1.54, 1.807) is 32.3 Å². The van der Waals surface area contributed by atoms with Gasteiger partial charge in [0.25, 0.3) is 0 Å². The van der Waals surface area contributed by atoms with E-state index in [-0.39, 0.29) is 0 Å². The monoisotopic (exact) mass is 331 g/mol. The number of hydrogen-bond acceptors (Lipinski definition) is 4. The molecule has 0 aliphatic heterocycles. The molecule has 0 saturated carbocycles. The Morgan fingerprint density at radius 2 is 1.96 bits per heavy atom. The van der Waals surface area contributed by atoms with E-state index in [0.717, 1.165) is 16.2 Å². The lowest BCUT2D eigenvalue weighted by molar-refractivity contribution is -0.0893. The lowest BCUT2D eigenvalue weighted by atomic mass is 9.81. The van der Waals surface area contributed by atoms with Crippen LogP contribution in [0, 0.1) is 0 Å². The van der Waals surface area contributed by atoms with Gasteiger partial charge in [-0.05, 0) is 39.2 Å². The maximum Gasteiger partial charge on any atom is 0.311 e. The van der Waals surface area contributed by atoms with Gasteiger partial charge in [-0.15, -0.1) is 0 Å². The van der Waals surface area contributed by atoms with Gasteiger partial charge in [-0.25, -0.2) is 0 Å². The summed E-state index contributed by atoms with van der Waals surface area (Å²) in [5, 5.41) is 12.7. The Balaban J connectivity index is 2.05. The van der Waals surface area contributed by atoms with Gasteiger partial charge in [0.05, 0.1) is 22.4 Å². The molecule has 120 valence electrons. The summed E-state index contributed by atoms with van der Waals surface area (Å²) in [6.07, 6.45) is 3.44. The molecule has 2 heterocycles. The Morgan fingerprint density at radius 1 is 1.22 bits per heavy atom. The number of nitrogens with zero attached hydrogens (tertiary/aromatic N) is 1. The van der Waals surface area contributed by atoms with Gasteiger partial charge < -0.3 is 14.2 Å². The number of pyridine rings is 1. The zero-order valence-corrected chi connectivity index (χ0v) is 14.4. The van der Waals surface area contributed by atoms with E-state index in [0.29, 0.717) is 23.7 Å². The first kappa shape index (κ1) is 16.3. The van der Waals surface area contributed by atoms with Crippen LogP contribution in [-0.2, 0) is 4.65 Å². The Hall–Kier alpha value is -1.56. The van der Waals surface area contributed by atoms with Crippen LogP contribution in [0.2, 0.25) is 5.02 Å². The molecule has 6 heteroatoms. The number of halogens is 1. The maximum atomic E-state index is 10.2. The molecule has 0 saturated heterocycles. The van der Waals surface area contributed by atoms with Crippen molar-refractivity contribution in [3.8, 4) is 0 Å². The van der Waals surface area contributed by atoms with Gasteiger partial charge in [0.15, 0.2) is 11.2 Å². The smallest absolute Gasteiger partial charge is 0.311 e. The minimum Gasteiger partial charge on any atom is -0.453 e. The fraction of sp³-hybridized carbons (Fsp3) is 0.353. The second kappa shape index (κ2) is 5.51. The van der Waals surface area contributed by atoms with Gasteiger partial charge in [0.1, 0.15) is 0 Å².